The van der Waals surface area contributed by atoms with Crippen LogP contribution in [0.4, 0.5) is 5.69 Å². The molecule has 0 aliphatic heterocycles. The van der Waals surface area contributed by atoms with Gasteiger partial charge < -0.3 is 15.0 Å². The van der Waals surface area contributed by atoms with Gasteiger partial charge in [-0.15, -0.1) is 0 Å². The quantitative estimate of drug-likeness (QED) is 0.271. The van der Waals surface area contributed by atoms with Gasteiger partial charge in [0.2, 0.25) is 21.8 Å². The van der Waals surface area contributed by atoms with E-state index in [0.29, 0.717) is 0 Å². The molecule has 0 saturated heterocycles. The predicted molar refractivity (Wildman–Crippen MR) is 169 cm³/mol. The number of anilines is 1. The van der Waals surface area contributed by atoms with Gasteiger partial charge in [0.1, 0.15) is 18.3 Å². The molecule has 0 unspecified atom stereocenters. The van der Waals surface area contributed by atoms with Crippen LogP contribution in [-0.4, -0.2) is 57.1 Å². The molecule has 0 heterocycles. The normalized spacial score (nSPS) is 14.3. The molecule has 3 aromatic rings. The van der Waals surface area contributed by atoms with E-state index in [1.807, 2.05) is 54.6 Å². The molecule has 3 aromatic carbocycles. The summed E-state index contributed by atoms with van der Waals surface area (Å²) in [5.41, 5.74) is 1.82. The molecular formula is C31H35BrClN3O5S. The topological polar surface area (TPSA) is 96.0 Å². The van der Waals surface area contributed by atoms with Crippen molar-refractivity contribution >= 4 is 55.1 Å². The summed E-state index contributed by atoms with van der Waals surface area (Å²) in [6, 6.07) is 20.7. The van der Waals surface area contributed by atoms with Crippen molar-refractivity contribution in [2.24, 2.45) is 0 Å². The second-order valence-electron chi connectivity index (χ2n) is 10.4. The molecule has 0 bridgehead atoms. The summed E-state index contributed by atoms with van der Waals surface area (Å²) in [6.45, 7) is -0.444. The first kappa shape index (κ1) is 31.8. The Morgan fingerprint density at radius 3 is 2.31 bits per heavy atom. The number of hydrogen-bond acceptors (Lipinski definition) is 5. The fourth-order valence-electron chi connectivity index (χ4n) is 5.16. The van der Waals surface area contributed by atoms with Gasteiger partial charge in [0.05, 0.1) is 19.1 Å². The van der Waals surface area contributed by atoms with Crippen LogP contribution in [0.15, 0.2) is 77.3 Å². The van der Waals surface area contributed by atoms with Gasteiger partial charge in [-0.1, -0.05) is 82.8 Å². The number of hydrogen-bond donors (Lipinski definition) is 1. The van der Waals surface area contributed by atoms with Crippen LogP contribution < -0.4 is 14.4 Å². The minimum absolute atomic E-state index is 0.0450. The number of amides is 2. The highest BCUT2D eigenvalue weighted by Gasteiger charge is 2.35. The van der Waals surface area contributed by atoms with E-state index in [1.54, 1.807) is 12.1 Å². The predicted octanol–water partition coefficient (Wildman–Crippen LogP) is 5.58. The zero-order chi connectivity index (χ0) is 30.3. The fraction of sp³-hybridized carbons (Fsp3) is 0.355. The molecular weight excluding hydrogens is 642 g/mol. The highest BCUT2D eigenvalue weighted by Crippen LogP contribution is 2.33. The van der Waals surface area contributed by atoms with Crippen LogP contribution in [0, 0.1) is 0 Å². The number of sulfonamides is 1. The van der Waals surface area contributed by atoms with Crippen molar-refractivity contribution in [1.82, 2.24) is 10.2 Å². The molecule has 1 atom stereocenters. The van der Waals surface area contributed by atoms with Crippen molar-refractivity contribution in [1.29, 1.82) is 0 Å². The number of halogens is 2. The molecule has 11 heteroatoms. The number of rotatable bonds is 12. The molecule has 224 valence electrons. The molecule has 1 fully saturated rings. The van der Waals surface area contributed by atoms with Crippen LogP contribution in [0.25, 0.3) is 0 Å². The Labute approximate surface area is 261 Å². The number of nitrogens with zero attached hydrogens (tertiary/aromatic N) is 2. The summed E-state index contributed by atoms with van der Waals surface area (Å²) in [5.74, 6) is -0.549. The number of ether oxygens (including phenoxy) is 1. The van der Waals surface area contributed by atoms with Crippen LogP contribution in [0.1, 0.15) is 36.8 Å². The zero-order valence-electron chi connectivity index (χ0n) is 23.6. The van der Waals surface area contributed by atoms with Crippen LogP contribution >= 0.6 is 27.5 Å². The van der Waals surface area contributed by atoms with Crippen molar-refractivity contribution in [3.8, 4) is 5.75 Å². The molecule has 1 aliphatic rings. The maximum atomic E-state index is 14.3. The van der Waals surface area contributed by atoms with E-state index in [9.17, 15) is 18.0 Å². The minimum Gasteiger partial charge on any atom is -0.495 e. The Hall–Kier alpha value is -3.08. The van der Waals surface area contributed by atoms with Gasteiger partial charge in [0.25, 0.3) is 0 Å². The van der Waals surface area contributed by atoms with Crippen molar-refractivity contribution < 1.29 is 22.7 Å². The van der Waals surface area contributed by atoms with Gasteiger partial charge in [-0.3, -0.25) is 13.9 Å². The highest BCUT2D eigenvalue weighted by molar-refractivity contribution is 9.10. The summed E-state index contributed by atoms with van der Waals surface area (Å²) in [7, 11) is -2.54. The smallest absolute Gasteiger partial charge is 0.244 e. The van der Waals surface area contributed by atoms with E-state index < -0.39 is 28.5 Å². The van der Waals surface area contributed by atoms with Crippen molar-refractivity contribution in [2.45, 2.75) is 50.7 Å². The summed E-state index contributed by atoms with van der Waals surface area (Å²) in [4.78, 5) is 29.7. The molecule has 42 heavy (non-hydrogen) atoms. The lowest BCUT2D eigenvalue weighted by atomic mass is 10.0. The zero-order valence-corrected chi connectivity index (χ0v) is 26.8. The van der Waals surface area contributed by atoms with Crippen LogP contribution in [0.5, 0.6) is 5.75 Å². The standard InChI is InChI=1S/C31H35BrClN3O5S/c1-41-29-17-16-25(33)19-27(29)36(42(2,39)40)21-30(37)35(20-23-12-14-24(32)15-13-23)28(18-22-8-4-3-5-9-22)31(38)34-26-10-6-7-11-26/h3-5,8-9,12-17,19,26,28H,6-7,10-11,18,20-21H2,1-2H3,(H,34,38)/t28-/m0/s1. The second kappa shape index (κ2) is 14.4. The van der Waals surface area contributed by atoms with E-state index in [1.165, 1.54) is 18.1 Å². The first-order chi connectivity index (χ1) is 20.0. The van der Waals surface area contributed by atoms with Crippen molar-refractivity contribution in [3.63, 3.8) is 0 Å². The summed E-state index contributed by atoms with van der Waals surface area (Å²) in [6.07, 6.45) is 5.15. The van der Waals surface area contributed by atoms with E-state index in [4.69, 9.17) is 16.3 Å². The molecule has 1 N–H and O–H groups in total. The summed E-state index contributed by atoms with van der Waals surface area (Å²) < 4.78 is 33.4. The van der Waals surface area contributed by atoms with Crippen molar-refractivity contribution in [2.75, 3.05) is 24.2 Å². The van der Waals surface area contributed by atoms with Gasteiger partial charge in [0.15, 0.2) is 0 Å². The average molecular weight is 677 g/mol. The number of carbonyl (C=O) groups excluding carboxylic acids is 2. The SMILES string of the molecule is COc1ccc(Cl)cc1N(CC(=O)N(Cc1ccc(Br)cc1)[C@@H](Cc1ccccc1)C(=O)NC1CCCC1)S(C)(=O)=O. The molecule has 8 nitrogen and oxygen atoms in total. The maximum absolute atomic E-state index is 14.3. The van der Waals surface area contributed by atoms with Crippen LogP contribution in [0.2, 0.25) is 5.02 Å². The first-order valence-corrected chi connectivity index (χ1v) is 16.8. The van der Waals surface area contributed by atoms with Crippen LogP contribution in [-0.2, 0) is 32.6 Å². The Morgan fingerprint density at radius 2 is 1.69 bits per heavy atom. The number of carbonyl (C=O) groups is 2. The third-order valence-electron chi connectivity index (χ3n) is 7.33. The Balaban J connectivity index is 1.75. The lowest BCUT2D eigenvalue weighted by molar-refractivity contribution is -0.140. The van der Waals surface area contributed by atoms with E-state index in [2.05, 4.69) is 21.2 Å². The Kier molecular flexibility index (Phi) is 10.9. The second-order valence-corrected chi connectivity index (χ2v) is 13.7. The van der Waals surface area contributed by atoms with Gasteiger partial charge in [-0.25, -0.2) is 8.42 Å². The van der Waals surface area contributed by atoms with Gasteiger partial charge in [0, 0.05) is 28.5 Å². The lowest BCUT2D eigenvalue weighted by Gasteiger charge is -2.34. The molecule has 4 rings (SSSR count). The molecule has 0 radical (unpaired) electrons. The van der Waals surface area contributed by atoms with Gasteiger partial charge >= 0.3 is 0 Å². The molecule has 1 aliphatic carbocycles. The molecule has 2 amide bonds. The van der Waals surface area contributed by atoms with Gasteiger partial charge in [-0.05, 0) is 54.3 Å². The molecule has 1 saturated carbocycles. The third kappa shape index (κ3) is 8.49. The lowest BCUT2D eigenvalue weighted by Crippen LogP contribution is -2.54. The summed E-state index contributed by atoms with van der Waals surface area (Å²) >= 11 is 9.67. The minimum atomic E-state index is -3.96. The number of methoxy groups -OCH3 is 1. The average Bonchev–Trinajstić information content (AvgIpc) is 3.47. The monoisotopic (exact) mass is 675 g/mol. The van der Waals surface area contributed by atoms with E-state index >= 15 is 0 Å². The largest absolute Gasteiger partial charge is 0.495 e. The Morgan fingerprint density at radius 1 is 1.02 bits per heavy atom. The Bertz CT molecular complexity index is 1480. The number of benzene rings is 3. The summed E-state index contributed by atoms with van der Waals surface area (Å²) in [5, 5.41) is 3.45. The van der Waals surface area contributed by atoms with Gasteiger partial charge in [-0.2, -0.15) is 0 Å². The first-order valence-electron chi connectivity index (χ1n) is 13.7. The van der Waals surface area contributed by atoms with E-state index in [-0.39, 0.29) is 41.4 Å². The highest BCUT2D eigenvalue weighted by atomic mass is 79.9. The van der Waals surface area contributed by atoms with Crippen LogP contribution in [0.3, 0.4) is 0 Å². The van der Waals surface area contributed by atoms with Crippen molar-refractivity contribution in [3.05, 3.63) is 93.4 Å². The van der Waals surface area contributed by atoms with E-state index in [0.717, 1.165) is 51.8 Å². The third-order valence-corrected chi connectivity index (χ3v) is 9.22. The molecule has 0 aromatic heterocycles. The molecule has 0 spiro atoms. The maximum Gasteiger partial charge on any atom is 0.244 e. The number of nitrogens with one attached hydrogen (secondary N) is 1. The fourth-order valence-corrected chi connectivity index (χ4v) is 6.44.